The van der Waals surface area contributed by atoms with Gasteiger partial charge in [-0.2, -0.15) is 0 Å². The van der Waals surface area contributed by atoms with Gasteiger partial charge in [-0.1, -0.05) is 46.3 Å². The number of nitrogens with zero attached hydrogens (tertiary/aromatic N) is 1. The Kier molecular flexibility index (Phi) is 6.52. The number of alkyl halides is 1. The number of ether oxygens (including phenoxy) is 2. The average molecular weight is 442 g/mol. The van der Waals surface area contributed by atoms with E-state index in [1.807, 2.05) is 30.3 Å². The number of rotatable bonds is 5. The molecule has 7 nitrogen and oxygen atoms in total. The van der Waals surface area contributed by atoms with Gasteiger partial charge in [0.2, 0.25) is 0 Å². The molecule has 4 rings (SSSR count). The third-order valence-electron chi connectivity index (χ3n) is 5.44. The second-order valence-corrected chi connectivity index (χ2v) is 7.63. The summed E-state index contributed by atoms with van der Waals surface area (Å²) < 4.78 is 11.4. The molecule has 3 fully saturated rings. The average Bonchev–Trinajstić information content (AvgIpc) is 3.42. The number of esters is 1. The number of carbonyl (C=O) groups excluding carboxylic acids is 1. The van der Waals surface area contributed by atoms with Crippen LogP contribution in [-0.4, -0.2) is 76.4 Å². The molecular formula is C19H24BrNO6. The molecule has 3 saturated heterocycles. The van der Waals surface area contributed by atoms with Crippen molar-refractivity contribution in [2.24, 2.45) is 0 Å². The van der Waals surface area contributed by atoms with E-state index in [2.05, 4.69) is 27.9 Å². The van der Waals surface area contributed by atoms with E-state index in [1.165, 1.54) is 0 Å². The number of epoxide rings is 1. The van der Waals surface area contributed by atoms with Crippen molar-refractivity contribution in [3.05, 3.63) is 35.9 Å². The van der Waals surface area contributed by atoms with E-state index in [0.717, 1.165) is 18.4 Å². The molecule has 5 unspecified atom stereocenters. The minimum absolute atomic E-state index is 0.0347. The molecule has 2 N–H and O–H groups in total. The number of fused-ring (bicyclic) bond motifs is 5. The molecule has 0 spiro atoms. The fourth-order valence-electron chi connectivity index (χ4n) is 4.04. The van der Waals surface area contributed by atoms with Gasteiger partial charge < -0.3 is 19.7 Å². The smallest absolute Gasteiger partial charge is 0.316 e. The van der Waals surface area contributed by atoms with Gasteiger partial charge in [0, 0.05) is 24.9 Å². The van der Waals surface area contributed by atoms with Crippen LogP contribution < -0.4 is 0 Å². The Morgan fingerprint density at radius 1 is 1.26 bits per heavy atom. The van der Waals surface area contributed by atoms with Gasteiger partial charge in [-0.15, -0.1) is 0 Å². The van der Waals surface area contributed by atoms with Gasteiger partial charge in [-0.05, 0) is 12.6 Å². The summed E-state index contributed by atoms with van der Waals surface area (Å²) in [4.78, 5) is 24.1. The van der Waals surface area contributed by atoms with Gasteiger partial charge in [-0.25, -0.2) is 0 Å². The summed E-state index contributed by atoms with van der Waals surface area (Å²) in [5.74, 6) is -1.74. The molecule has 0 aliphatic carbocycles. The first kappa shape index (κ1) is 20.3. The number of piperidine rings is 1. The molecular weight excluding hydrogens is 418 g/mol. The number of carbonyl (C=O) groups is 2. The highest BCUT2D eigenvalue weighted by molar-refractivity contribution is 9.09. The van der Waals surface area contributed by atoms with Gasteiger partial charge in [0.25, 0.3) is 0 Å². The van der Waals surface area contributed by atoms with E-state index in [-0.39, 0.29) is 24.0 Å². The summed E-state index contributed by atoms with van der Waals surface area (Å²) in [6, 6.07) is 10.1. The number of hydrogen-bond donors (Lipinski definition) is 2. The quantitative estimate of drug-likeness (QED) is 0.404. The fourth-order valence-corrected chi connectivity index (χ4v) is 4.04. The number of hydrogen-bond acceptors (Lipinski definition) is 6. The lowest BCUT2D eigenvalue weighted by atomic mass is 9.97. The van der Waals surface area contributed by atoms with Crippen LogP contribution in [0.15, 0.2) is 30.3 Å². The standard InChI is InChI=1S/C17H21NO4.C2H3BrO2/c1-18-13-7-11(8-14(18)16-15(13)22-16)21-17(20)12(9-19)10-5-3-2-4-6-10;3-1-2(4)5/h2-6,11-16,19H,7-9H2,1H3;1H2,(H,4,5). The van der Waals surface area contributed by atoms with Crippen LogP contribution >= 0.6 is 15.9 Å². The number of aliphatic hydroxyl groups excluding tert-OH is 1. The molecule has 2 bridgehead atoms. The van der Waals surface area contributed by atoms with Crippen LogP contribution in [0.4, 0.5) is 0 Å². The van der Waals surface area contributed by atoms with Crippen molar-refractivity contribution in [3.8, 4) is 0 Å². The van der Waals surface area contributed by atoms with Gasteiger partial charge in [0.15, 0.2) is 0 Å². The summed E-state index contributed by atoms with van der Waals surface area (Å²) >= 11 is 2.71. The second-order valence-electron chi connectivity index (χ2n) is 7.07. The molecule has 0 aromatic heterocycles. The van der Waals surface area contributed by atoms with Crippen LogP contribution in [-0.2, 0) is 19.1 Å². The normalized spacial score (nSPS) is 31.9. The molecule has 8 heteroatoms. The summed E-state index contributed by atoms with van der Waals surface area (Å²) in [6.07, 6.45) is 2.26. The fraction of sp³-hybridized carbons (Fsp3) is 0.579. The Labute approximate surface area is 166 Å². The van der Waals surface area contributed by atoms with Crippen molar-refractivity contribution in [2.45, 2.75) is 49.2 Å². The molecule has 0 saturated carbocycles. The van der Waals surface area contributed by atoms with Gasteiger partial charge in [-0.3, -0.25) is 14.5 Å². The number of carboxylic acids is 1. The highest BCUT2D eigenvalue weighted by atomic mass is 79.9. The summed E-state index contributed by atoms with van der Waals surface area (Å²) in [7, 11) is 2.13. The Balaban J connectivity index is 0.000000376. The van der Waals surface area contributed by atoms with Crippen molar-refractivity contribution in [2.75, 3.05) is 19.0 Å². The number of aliphatic hydroxyl groups is 1. The number of halogens is 1. The molecule has 5 atom stereocenters. The van der Waals surface area contributed by atoms with Gasteiger partial charge >= 0.3 is 11.9 Å². The van der Waals surface area contributed by atoms with Crippen LogP contribution in [0.2, 0.25) is 0 Å². The molecule has 1 aromatic rings. The van der Waals surface area contributed by atoms with E-state index in [9.17, 15) is 14.7 Å². The molecule has 0 radical (unpaired) electrons. The van der Waals surface area contributed by atoms with E-state index in [0.29, 0.717) is 24.3 Å². The molecule has 3 aliphatic rings. The van der Waals surface area contributed by atoms with Crippen LogP contribution in [0.1, 0.15) is 24.3 Å². The molecule has 0 amide bonds. The van der Waals surface area contributed by atoms with E-state index in [4.69, 9.17) is 14.6 Å². The number of aliphatic carboxylic acids is 1. The molecule has 27 heavy (non-hydrogen) atoms. The number of carboxylic acid groups (broad SMARTS) is 1. The van der Waals surface area contributed by atoms with Gasteiger partial charge in [0.1, 0.15) is 29.6 Å². The number of morpholine rings is 1. The summed E-state index contributed by atoms with van der Waals surface area (Å²) in [5, 5.41) is 17.3. The lowest BCUT2D eigenvalue weighted by molar-refractivity contribution is -0.156. The summed E-state index contributed by atoms with van der Waals surface area (Å²) in [6.45, 7) is -0.226. The largest absolute Gasteiger partial charge is 0.481 e. The first-order chi connectivity index (χ1) is 13.0. The van der Waals surface area contributed by atoms with Crippen LogP contribution in [0.3, 0.4) is 0 Å². The Morgan fingerprint density at radius 3 is 2.30 bits per heavy atom. The van der Waals surface area contributed by atoms with E-state index in [1.54, 1.807) is 0 Å². The molecule has 1 aromatic carbocycles. The minimum Gasteiger partial charge on any atom is -0.481 e. The van der Waals surface area contributed by atoms with Crippen LogP contribution in [0.25, 0.3) is 0 Å². The molecule has 148 valence electrons. The zero-order valence-electron chi connectivity index (χ0n) is 15.0. The Bertz CT molecular complexity index is 653. The Hall–Kier alpha value is -1.48. The monoisotopic (exact) mass is 441 g/mol. The zero-order valence-corrected chi connectivity index (χ0v) is 16.6. The Morgan fingerprint density at radius 2 is 1.81 bits per heavy atom. The predicted molar refractivity (Wildman–Crippen MR) is 101 cm³/mol. The maximum absolute atomic E-state index is 12.4. The minimum atomic E-state index is -0.829. The topological polar surface area (TPSA) is 99.6 Å². The van der Waals surface area contributed by atoms with Crippen LogP contribution in [0.5, 0.6) is 0 Å². The lowest BCUT2D eigenvalue weighted by Gasteiger charge is -2.38. The lowest BCUT2D eigenvalue weighted by Crippen LogP contribution is -2.48. The van der Waals surface area contributed by atoms with Crippen molar-refractivity contribution in [1.82, 2.24) is 4.90 Å². The van der Waals surface area contributed by atoms with Crippen molar-refractivity contribution in [3.63, 3.8) is 0 Å². The maximum atomic E-state index is 12.4. The molecule has 3 aliphatic heterocycles. The number of likely N-dealkylation sites (N-methyl/N-ethyl adjacent to an activating group) is 1. The second kappa shape index (κ2) is 8.68. The summed E-state index contributed by atoms with van der Waals surface area (Å²) in [5.41, 5.74) is 0.803. The molecule has 3 heterocycles. The van der Waals surface area contributed by atoms with Crippen molar-refractivity contribution >= 4 is 27.9 Å². The zero-order chi connectivity index (χ0) is 19.6. The SMILES string of the molecule is CN1C2CC(OC(=O)C(CO)c3ccccc3)CC1C1OC12.O=C(O)CBr. The first-order valence-corrected chi connectivity index (χ1v) is 10.1. The number of benzene rings is 1. The van der Waals surface area contributed by atoms with Crippen molar-refractivity contribution < 1.29 is 29.3 Å². The maximum Gasteiger partial charge on any atom is 0.316 e. The third kappa shape index (κ3) is 4.51. The highest BCUT2D eigenvalue weighted by Gasteiger charge is 2.62. The van der Waals surface area contributed by atoms with Crippen LogP contribution in [0, 0.1) is 0 Å². The van der Waals surface area contributed by atoms with E-state index < -0.39 is 11.9 Å². The third-order valence-corrected chi connectivity index (χ3v) is 5.92. The van der Waals surface area contributed by atoms with Crippen molar-refractivity contribution in [1.29, 1.82) is 0 Å². The van der Waals surface area contributed by atoms with E-state index >= 15 is 0 Å². The van der Waals surface area contributed by atoms with Gasteiger partial charge in [0.05, 0.1) is 6.61 Å². The highest BCUT2D eigenvalue weighted by Crippen LogP contribution is 2.48. The first-order valence-electron chi connectivity index (χ1n) is 8.97. The predicted octanol–water partition coefficient (Wildman–Crippen LogP) is 1.38.